The molecule has 2 unspecified atom stereocenters. The number of halogens is 1. The molecule has 3 N–H and O–H groups in total. The Morgan fingerprint density at radius 2 is 2.14 bits per heavy atom. The minimum Gasteiger partial charge on any atom is -0.355 e. The number of hydrogen-bond acceptors (Lipinski definition) is 3. The lowest BCUT2D eigenvalue weighted by molar-refractivity contribution is -0.122. The van der Waals surface area contributed by atoms with E-state index in [1.807, 2.05) is 31.9 Å². The molecular formula is C16H26FN3O. The second kappa shape index (κ2) is 8.74. The highest BCUT2D eigenvalue weighted by Crippen LogP contribution is 2.24. The Balaban J connectivity index is 2.85. The minimum atomic E-state index is -0.287. The normalized spacial score (nSPS) is 14.0. The zero-order chi connectivity index (χ0) is 15.8. The maximum absolute atomic E-state index is 13.4. The van der Waals surface area contributed by atoms with E-state index in [1.165, 1.54) is 12.1 Å². The van der Waals surface area contributed by atoms with Crippen LogP contribution in [-0.4, -0.2) is 37.0 Å². The number of nitrogens with two attached hydrogens (primary N) is 1. The predicted octanol–water partition coefficient (Wildman–Crippen LogP) is 2.06. The lowest BCUT2D eigenvalue weighted by Gasteiger charge is -2.32. The van der Waals surface area contributed by atoms with E-state index in [-0.39, 0.29) is 30.4 Å². The van der Waals surface area contributed by atoms with Crippen molar-refractivity contribution in [2.75, 3.05) is 20.1 Å². The lowest BCUT2D eigenvalue weighted by Crippen LogP contribution is -2.43. The van der Waals surface area contributed by atoms with Crippen molar-refractivity contribution in [1.29, 1.82) is 0 Å². The second-order valence-electron chi connectivity index (χ2n) is 5.34. The van der Waals surface area contributed by atoms with Crippen molar-refractivity contribution in [2.45, 2.75) is 38.8 Å². The van der Waals surface area contributed by atoms with Crippen LogP contribution in [0.5, 0.6) is 0 Å². The second-order valence-corrected chi connectivity index (χ2v) is 5.34. The van der Waals surface area contributed by atoms with Gasteiger partial charge in [0, 0.05) is 12.6 Å². The number of carbonyl (C=O) groups is 1. The topological polar surface area (TPSA) is 58.4 Å². The first-order valence-electron chi connectivity index (χ1n) is 7.47. The molecule has 1 aromatic rings. The number of nitrogens with zero attached hydrogens (tertiary/aromatic N) is 1. The SMILES string of the molecule is CCCNC(=O)CN(C)C(c1cccc(F)c1)C(N)CC. The molecule has 0 aliphatic heterocycles. The molecule has 1 amide bonds. The van der Waals surface area contributed by atoms with Crippen LogP contribution in [0.1, 0.15) is 38.3 Å². The number of amides is 1. The van der Waals surface area contributed by atoms with Crippen molar-refractivity contribution in [3.63, 3.8) is 0 Å². The Labute approximate surface area is 126 Å². The van der Waals surface area contributed by atoms with Gasteiger partial charge in [-0.3, -0.25) is 9.69 Å². The number of carbonyl (C=O) groups excluding carboxylic acids is 1. The largest absolute Gasteiger partial charge is 0.355 e. The van der Waals surface area contributed by atoms with Crippen LogP contribution in [0.25, 0.3) is 0 Å². The van der Waals surface area contributed by atoms with Crippen LogP contribution in [-0.2, 0) is 4.79 Å². The first-order chi connectivity index (χ1) is 9.99. The molecule has 1 rings (SSSR count). The van der Waals surface area contributed by atoms with Gasteiger partial charge in [-0.15, -0.1) is 0 Å². The van der Waals surface area contributed by atoms with Gasteiger partial charge in [0.05, 0.1) is 12.6 Å². The van der Waals surface area contributed by atoms with E-state index in [2.05, 4.69) is 5.32 Å². The fraction of sp³-hybridized carbons (Fsp3) is 0.562. The van der Waals surface area contributed by atoms with Gasteiger partial charge >= 0.3 is 0 Å². The first-order valence-corrected chi connectivity index (χ1v) is 7.47. The molecule has 0 aliphatic rings. The van der Waals surface area contributed by atoms with Gasteiger partial charge < -0.3 is 11.1 Å². The molecule has 2 atom stereocenters. The third-order valence-electron chi connectivity index (χ3n) is 3.51. The summed E-state index contributed by atoms with van der Waals surface area (Å²) in [5.74, 6) is -0.325. The number of rotatable bonds is 8. The van der Waals surface area contributed by atoms with E-state index < -0.39 is 0 Å². The summed E-state index contributed by atoms with van der Waals surface area (Å²) >= 11 is 0. The third kappa shape index (κ3) is 5.44. The van der Waals surface area contributed by atoms with Gasteiger partial charge in [-0.25, -0.2) is 4.39 Å². The predicted molar refractivity (Wildman–Crippen MR) is 83.3 cm³/mol. The van der Waals surface area contributed by atoms with Gasteiger partial charge in [0.15, 0.2) is 0 Å². The molecule has 5 heteroatoms. The van der Waals surface area contributed by atoms with E-state index in [4.69, 9.17) is 5.73 Å². The molecule has 0 bridgehead atoms. The third-order valence-corrected chi connectivity index (χ3v) is 3.51. The summed E-state index contributed by atoms with van der Waals surface area (Å²) in [6.07, 6.45) is 1.65. The van der Waals surface area contributed by atoms with Crippen LogP contribution in [0.2, 0.25) is 0 Å². The molecule has 0 spiro atoms. The van der Waals surface area contributed by atoms with Crippen LogP contribution < -0.4 is 11.1 Å². The highest BCUT2D eigenvalue weighted by molar-refractivity contribution is 5.78. The molecule has 0 saturated carbocycles. The molecule has 0 saturated heterocycles. The van der Waals surface area contributed by atoms with Crippen LogP contribution in [0.3, 0.4) is 0 Å². The Hall–Kier alpha value is -1.46. The number of likely N-dealkylation sites (N-methyl/N-ethyl adjacent to an activating group) is 1. The number of benzene rings is 1. The average Bonchev–Trinajstić information content (AvgIpc) is 2.45. The summed E-state index contributed by atoms with van der Waals surface area (Å²) in [4.78, 5) is 13.7. The zero-order valence-electron chi connectivity index (χ0n) is 13.1. The molecule has 0 aliphatic carbocycles. The van der Waals surface area contributed by atoms with Crippen molar-refractivity contribution in [3.8, 4) is 0 Å². The Bertz CT molecular complexity index is 453. The van der Waals surface area contributed by atoms with Crippen molar-refractivity contribution in [3.05, 3.63) is 35.6 Å². The molecule has 0 heterocycles. The van der Waals surface area contributed by atoms with Gasteiger partial charge in [-0.1, -0.05) is 26.0 Å². The summed E-state index contributed by atoms with van der Waals surface area (Å²) < 4.78 is 13.4. The lowest BCUT2D eigenvalue weighted by atomic mass is 9.96. The van der Waals surface area contributed by atoms with Crippen molar-refractivity contribution in [1.82, 2.24) is 10.2 Å². The van der Waals surface area contributed by atoms with E-state index in [9.17, 15) is 9.18 Å². The molecule has 0 fully saturated rings. The molecule has 118 valence electrons. The molecule has 21 heavy (non-hydrogen) atoms. The maximum atomic E-state index is 13.4. The first kappa shape index (κ1) is 17.6. The van der Waals surface area contributed by atoms with Crippen LogP contribution in [0.15, 0.2) is 24.3 Å². The minimum absolute atomic E-state index is 0.0379. The van der Waals surface area contributed by atoms with E-state index in [0.29, 0.717) is 6.54 Å². The van der Waals surface area contributed by atoms with Gasteiger partial charge in [0.1, 0.15) is 5.82 Å². The Morgan fingerprint density at radius 1 is 1.43 bits per heavy atom. The van der Waals surface area contributed by atoms with Gasteiger partial charge in [0.25, 0.3) is 0 Å². The molecular weight excluding hydrogens is 269 g/mol. The summed E-state index contributed by atoms with van der Waals surface area (Å²) in [6.45, 7) is 4.90. The summed E-state index contributed by atoms with van der Waals surface area (Å²) in [6, 6.07) is 6.08. The summed E-state index contributed by atoms with van der Waals surface area (Å²) in [5.41, 5.74) is 6.98. The summed E-state index contributed by atoms with van der Waals surface area (Å²) in [5, 5.41) is 2.84. The van der Waals surface area contributed by atoms with Gasteiger partial charge in [0.2, 0.25) is 5.91 Å². The highest BCUT2D eigenvalue weighted by atomic mass is 19.1. The number of hydrogen-bond donors (Lipinski definition) is 2. The van der Waals surface area contributed by atoms with Crippen LogP contribution in [0, 0.1) is 5.82 Å². The summed E-state index contributed by atoms with van der Waals surface area (Å²) in [7, 11) is 1.84. The van der Waals surface area contributed by atoms with Crippen LogP contribution >= 0.6 is 0 Å². The Kier molecular flexibility index (Phi) is 7.32. The highest BCUT2D eigenvalue weighted by Gasteiger charge is 2.24. The molecule has 1 aromatic carbocycles. The monoisotopic (exact) mass is 295 g/mol. The van der Waals surface area contributed by atoms with Gasteiger partial charge in [-0.2, -0.15) is 0 Å². The van der Waals surface area contributed by atoms with Gasteiger partial charge in [-0.05, 0) is 37.6 Å². The number of nitrogens with one attached hydrogen (secondary N) is 1. The molecule has 4 nitrogen and oxygen atoms in total. The fourth-order valence-corrected chi connectivity index (χ4v) is 2.39. The molecule has 0 aromatic heterocycles. The smallest absolute Gasteiger partial charge is 0.234 e. The maximum Gasteiger partial charge on any atom is 0.234 e. The van der Waals surface area contributed by atoms with E-state index in [1.54, 1.807) is 6.07 Å². The van der Waals surface area contributed by atoms with E-state index >= 15 is 0 Å². The van der Waals surface area contributed by atoms with Crippen LogP contribution in [0.4, 0.5) is 4.39 Å². The molecule has 0 radical (unpaired) electrons. The Morgan fingerprint density at radius 3 is 2.71 bits per heavy atom. The van der Waals surface area contributed by atoms with Crippen molar-refractivity contribution >= 4 is 5.91 Å². The van der Waals surface area contributed by atoms with Crippen molar-refractivity contribution in [2.24, 2.45) is 5.73 Å². The zero-order valence-corrected chi connectivity index (χ0v) is 13.1. The van der Waals surface area contributed by atoms with Crippen molar-refractivity contribution < 1.29 is 9.18 Å². The quantitative estimate of drug-likeness (QED) is 0.772. The van der Waals surface area contributed by atoms with E-state index in [0.717, 1.165) is 18.4 Å². The standard InChI is InChI=1S/C16H26FN3O/c1-4-9-19-15(21)11-20(3)16(14(18)5-2)12-7-6-8-13(17)10-12/h6-8,10,14,16H,4-5,9,11,18H2,1-3H3,(H,19,21). The average molecular weight is 295 g/mol. The fourth-order valence-electron chi connectivity index (χ4n) is 2.39.